The van der Waals surface area contributed by atoms with E-state index in [0.29, 0.717) is 0 Å². The van der Waals surface area contributed by atoms with Crippen LogP contribution in [0.1, 0.15) is 31.4 Å². The Morgan fingerprint density at radius 3 is 2.81 bits per heavy atom. The molecule has 0 amide bonds. The molecule has 0 fully saturated rings. The van der Waals surface area contributed by atoms with Gasteiger partial charge in [-0.05, 0) is 44.0 Å². The normalized spacial score (nSPS) is 12.8. The Balaban J connectivity index is 2.46. The van der Waals surface area contributed by atoms with Crippen molar-refractivity contribution in [3.05, 3.63) is 34.6 Å². The summed E-state index contributed by atoms with van der Waals surface area (Å²) < 4.78 is 12.9. The Kier molecular flexibility index (Phi) is 5.74. The molecule has 4 heteroatoms. The second-order valence-corrected chi connectivity index (χ2v) is 4.19. The third-order valence-electron chi connectivity index (χ3n) is 2.48. The van der Waals surface area contributed by atoms with Crippen LogP contribution in [0.3, 0.4) is 0 Å². The number of nitrogens with one attached hydrogen (secondary N) is 1. The van der Waals surface area contributed by atoms with Gasteiger partial charge in [-0.25, -0.2) is 4.39 Å². The van der Waals surface area contributed by atoms with Crippen molar-refractivity contribution in [2.45, 2.75) is 25.8 Å². The van der Waals surface area contributed by atoms with E-state index in [1.165, 1.54) is 6.07 Å². The Labute approximate surface area is 100 Å². The molecule has 1 aromatic rings. The van der Waals surface area contributed by atoms with Gasteiger partial charge in [0, 0.05) is 12.6 Å². The number of halogens is 2. The Hall–Kier alpha value is -0.640. The van der Waals surface area contributed by atoms with Crippen LogP contribution in [-0.2, 0) is 0 Å². The average molecular weight is 246 g/mol. The van der Waals surface area contributed by atoms with Gasteiger partial charge in [-0.15, -0.1) is 0 Å². The molecule has 1 unspecified atom stereocenters. The highest BCUT2D eigenvalue weighted by molar-refractivity contribution is 6.30. The number of aliphatic hydroxyl groups excluding tert-OH is 1. The Morgan fingerprint density at radius 2 is 2.19 bits per heavy atom. The SMILES string of the molecule is CC(NCCCCO)c1ccc(F)c(Cl)c1. The van der Waals surface area contributed by atoms with Crippen molar-refractivity contribution in [3.8, 4) is 0 Å². The molecule has 0 saturated carbocycles. The molecule has 0 aliphatic rings. The summed E-state index contributed by atoms with van der Waals surface area (Å²) >= 11 is 5.71. The summed E-state index contributed by atoms with van der Waals surface area (Å²) in [6.07, 6.45) is 1.72. The number of benzene rings is 1. The summed E-state index contributed by atoms with van der Waals surface area (Å²) in [5.74, 6) is -0.391. The van der Waals surface area contributed by atoms with Gasteiger partial charge in [0.2, 0.25) is 0 Å². The first-order chi connectivity index (χ1) is 7.65. The fourth-order valence-electron chi connectivity index (χ4n) is 1.45. The standard InChI is InChI=1S/C12H17ClFNO/c1-9(15-6-2-3-7-16)10-4-5-12(14)11(13)8-10/h4-5,8-9,15-16H,2-3,6-7H2,1H3. The van der Waals surface area contributed by atoms with E-state index in [0.717, 1.165) is 24.9 Å². The number of rotatable bonds is 6. The molecule has 0 bridgehead atoms. The number of hydrogen-bond donors (Lipinski definition) is 2. The molecule has 0 aliphatic carbocycles. The van der Waals surface area contributed by atoms with E-state index in [4.69, 9.17) is 16.7 Å². The highest BCUT2D eigenvalue weighted by Gasteiger charge is 2.07. The van der Waals surface area contributed by atoms with Gasteiger partial charge in [0.1, 0.15) is 5.82 Å². The van der Waals surface area contributed by atoms with E-state index in [-0.39, 0.29) is 17.7 Å². The van der Waals surface area contributed by atoms with E-state index < -0.39 is 5.82 Å². The van der Waals surface area contributed by atoms with Gasteiger partial charge in [0.15, 0.2) is 0 Å². The maximum absolute atomic E-state index is 12.9. The van der Waals surface area contributed by atoms with Gasteiger partial charge in [-0.1, -0.05) is 17.7 Å². The minimum Gasteiger partial charge on any atom is -0.396 e. The minimum atomic E-state index is -0.391. The van der Waals surface area contributed by atoms with Crippen LogP contribution in [-0.4, -0.2) is 18.3 Å². The second kappa shape index (κ2) is 6.84. The molecule has 0 spiro atoms. The average Bonchev–Trinajstić information content (AvgIpc) is 2.28. The summed E-state index contributed by atoms with van der Waals surface area (Å²) in [6, 6.07) is 4.88. The molecule has 0 heterocycles. The van der Waals surface area contributed by atoms with Gasteiger partial charge >= 0.3 is 0 Å². The fraction of sp³-hybridized carbons (Fsp3) is 0.500. The van der Waals surface area contributed by atoms with Crippen molar-refractivity contribution in [2.75, 3.05) is 13.2 Å². The molecular formula is C12H17ClFNO. The van der Waals surface area contributed by atoms with Crippen LogP contribution < -0.4 is 5.32 Å². The molecular weight excluding hydrogens is 229 g/mol. The Bertz CT molecular complexity index is 333. The summed E-state index contributed by atoms with van der Waals surface area (Å²) in [5.41, 5.74) is 0.968. The van der Waals surface area contributed by atoms with Gasteiger partial charge in [-0.2, -0.15) is 0 Å². The molecule has 16 heavy (non-hydrogen) atoms. The third-order valence-corrected chi connectivity index (χ3v) is 2.77. The lowest BCUT2D eigenvalue weighted by Crippen LogP contribution is -2.20. The van der Waals surface area contributed by atoms with Crippen LogP contribution in [0.5, 0.6) is 0 Å². The second-order valence-electron chi connectivity index (χ2n) is 3.78. The van der Waals surface area contributed by atoms with Gasteiger partial charge in [0.25, 0.3) is 0 Å². The first-order valence-electron chi connectivity index (χ1n) is 5.44. The van der Waals surface area contributed by atoms with Gasteiger partial charge in [0.05, 0.1) is 5.02 Å². The van der Waals surface area contributed by atoms with E-state index in [1.807, 2.05) is 6.92 Å². The molecule has 1 rings (SSSR count). The summed E-state index contributed by atoms with van der Waals surface area (Å²) in [6.45, 7) is 3.05. The molecule has 2 nitrogen and oxygen atoms in total. The first-order valence-corrected chi connectivity index (χ1v) is 5.82. The van der Waals surface area contributed by atoms with E-state index in [2.05, 4.69) is 5.32 Å². The topological polar surface area (TPSA) is 32.3 Å². The third kappa shape index (κ3) is 4.08. The molecule has 1 atom stereocenters. The van der Waals surface area contributed by atoms with Crippen LogP contribution in [0.25, 0.3) is 0 Å². The molecule has 0 saturated heterocycles. The maximum atomic E-state index is 12.9. The van der Waals surface area contributed by atoms with Crippen molar-refractivity contribution in [1.82, 2.24) is 5.32 Å². The first kappa shape index (κ1) is 13.4. The van der Waals surface area contributed by atoms with Crippen molar-refractivity contribution in [2.24, 2.45) is 0 Å². The van der Waals surface area contributed by atoms with Crippen LogP contribution in [0, 0.1) is 5.82 Å². The highest BCUT2D eigenvalue weighted by atomic mass is 35.5. The monoisotopic (exact) mass is 245 g/mol. The number of unbranched alkanes of at least 4 members (excludes halogenated alkanes) is 1. The van der Waals surface area contributed by atoms with Crippen LogP contribution >= 0.6 is 11.6 Å². The lowest BCUT2D eigenvalue weighted by atomic mass is 10.1. The quantitative estimate of drug-likeness (QED) is 0.756. The van der Waals surface area contributed by atoms with Crippen LogP contribution in [0.15, 0.2) is 18.2 Å². The minimum absolute atomic E-state index is 0.136. The van der Waals surface area contributed by atoms with Crippen molar-refractivity contribution < 1.29 is 9.50 Å². The van der Waals surface area contributed by atoms with Crippen molar-refractivity contribution in [3.63, 3.8) is 0 Å². The Morgan fingerprint density at radius 1 is 1.44 bits per heavy atom. The largest absolute Gasteiger partial charge is 0.396 e. The van der Waals surface area contributed by atoms with Crippen LogP contribution in [0.4, 0.5) is 4.39 Å². The molecule has 0 radical (unpaired) electrons. The number of aliphatic hydroxyl groups is 1. The smallest absolute Gasteiger partial charge is 0.141 e. The lowest BCUT2D eigenvalue weighted by molar-refractivity contribution is 0.283. The van der Waals surface area contributed by atoms with Gasteiger partial charge < -0.3 is 10.4 Å². The van der Waals surface area contributed by atoms with E-state index in [1.54, 1.807) is 12.1 Å². The molecule has 0 aliphatic heterocycles. The van der Waals surface area contributed by atoms with Crippen molar-refractivity contribution in [1.29, 1.82) is 0 Å². The molecule has 90 valence electrons. The maximum Gasteiger partial charge on any atom is 0.141 e. The predicted octanol–water partition coefficient (Wildman–Crippen LogP) is 2.90. The van der Waals surface area contributed by atoms with E-state index >= 15 is 0 Å². The van der Waals surface area contributed by atoms with Gasteiger partial charge in [-0.3, -0.25) is 0 Å². The lowest BCUT2D eigenvalue weighted by Gasteiger charge is -2.14. The zero-order valence-electron chi connectivity index (χ0n) is 9.34. The zero-order valence-corrected chi connectivity index (χ0v) is 10.1. The highest BCUT2D eigenvalue weighted by Crippen LogP contribution is 2.20. The summed E-state index contributed by atoms with van der Waals surface area (Å²) in [4.78, 5) is 0. The zero-order chi connectivity index (χ0) is 12.0. The fourth-order valence-corrected chi connectivity index (χ4v) is 1.64. The molecule has 1 aromatic carbocycles. The summed E-state index contributed by atoms with van der Waals surface area (Å²) in [7, 11) is 0. The van der Waals surface area contributed by atoms with Crippen LogP contribution in [0.2, 0.25) is 5.02 Å². The molecule has 2 N–H and O–H groups in total. The predicted molar refractivity (Wildman–Crippen MR) is 64.1 cm³/mol. The number of hydrogen-bond acceptors (Lipinski definition) is 2. The summed E-state index contributed by atoms with van der Waals surface area (Å²) in [5, 5.41) is 12.1. The van der Waals surface area contributed by atoms with E-state index in [9.17, 15) is 4.39 Å². The molecule has 0 aromatic heterocycles. The van der Waals surface area contributed by atoms with Crippen molar-refractivity contribution >= 4 is 11.6 Å².